The zero-order valence-electron chi connectivity index (χ0n) is 22.4. The van der Waals surface area contributed by atoms with Crippen LogP contribution in [0.3, 0.4) is 0 Å². The van der Waals surface area contributed by atoms with Crippen LogP contribution in [-0.4, -0.2) is 69.0 Å². The van der Waals surface area contributed by atoms with Crippen molar-refractivity contribution in [2.75, 3.05) is 37.7 Å². The van der Waals surface area contributed by atoms with Gasteiger partial charge in [0.15, 0.2) is 5.82 Å². The zero-order chi connectivity index (χ0) is 26.2. The van der Waals surface area contributed by atoms with Gasteiger partial charge in [0.25, 0.3) is 5.56 Å². The van der Waals surface area contributed by atoms with Crippen molar-refractivity contribution in [3.63, 3.8) is 0 Å². The molecule has 0 spiro atoms. The number of para-hydroxylation sites is 1. The minimum Gasteiger partial charge on any atom is -0.376 e. The van der Waals surface area contributed by atoms with Crippen molar-refractivity contribution >= 4 is 16.6 Å². The maximum Gasteiger partial charge on any atom is 0.253 e. The Morgan fingerprint density at radius 2 is 1.89 bits per heavy atom. The number of aryl methyl sites for hydroxylation is 3. The number of nitrogens with zero attached hydrogens (tertiary/aromatic N) is 6. The third-order valence-corrected chi connectivity index (χ3v) is 8.00. The van der Waals surface area contributed by atoms with Crippen molar-refractivity contribution < 1.29 is 4.74 Å². The predicted octanol–water partition coefficient (Wildman–Crippen LogP) is 3.53. The second-order valence-electron chi connectivity index (χ2n) is 10.7. The molecular weight excluding hydrogens is 478 g/mol. The third kappa shape index (κ3) is 4.72. The van der Waals surface area contributed by atoms with E-state index in [0.29, 0.717) is 17.9 Å². The monoisotopic (exact) mass is 513 g/mol. The molecule has 4 aromatic rings. The molecule has 0 radical (unpaired) electrons. The van der Waals surface area contributed by atoms with Gasteiger partial charge in [-0.2, -0.15) is 0 Å². The summed E-state index contributed by atoms with van der Waals surface area (Å²) < 4.78 is 7.73. The van der Waals surface area contributed by atoms with Gasteiger partial charge in [-0.05, 0) is 78.2 Å². The van der Waals surface area contributed by atoms with Crippen LogP contribution in [0.1, 0.15) is 47.0 Å². The highest BCUT2D eigenvalue weighted by Crippen LogP contribution is 2.31. The van der Waals surface area contributed by atoms with Gasteiger partial charge in [0, 0.05) is 44.0 Å². The summed E-state index contributed by atoms with van der Waals surface area (Å²) in [4.78, 5) is 21.5. The Kier molecular flexibility index (Phi) is 6.71. The standard InChI is InChI=1S/C29H35N7O2/c1-19-9-10-20(2)25(16-19)34-11-13-35(14-12-34)27(28-31-32-33-36(28)18-23-8-5-15-38-23)24-17-22-7-4-6-21(3)26(22)30-29(24)37/h4,6-7,9-10,16-17,23,27H,5,8,11-15,18H2,1-3H3,(H,30,37)/t23-,27+/m1/s1. The Bertz CT molecular complexity index is 1500. The van der Waals surface area contributed by atoms with Crippen LogP contribution in [0.2, 0.25) is 0 Å². The fourth-order valence-corrected chi connectivity index (χ4v) is 5.90. The number of nitrogens with one attached hydrogen (secondary N) is 1. The molecule has 0 unspecified atom stereocenters. The number of fused-ring (bicyclic) bond motifs is 1. The van der Waals surface area contributed by atoms with Gasteiger partial charge < -0.3 is 14.6 Å². The first-order valence-corrected chi connectivity index (χ1v) is 13.5. The fraction of sp³-hybridized carbons (Fsp3) is 0.448. The summed E-state index contributed by atoms with van der Waals surface area (Å²) >= 11 is 0. The number of anilines is 1. The number of ether oxygens (including phenoxy) is 1. The molecule has 4 heterocycles. The van der Waals surface area contributed by atoms with E-state index in [1.807, 2.05) is 35.9 Å². The molecule has 2 saturated heterocycles. The van der Waals surface area contributed by atoms with Crippen LogP contribution < -0.4 is 10.5 Å². The van der Waals surface area contributed by atoms with E-state index < -0.39 is 0 Å². The number of benzene rings is 2. The van der Waals surface area contributed by atoms with E-state index in [-0.39, 0.29) is 17.7 Å². The maximum atomic E-state index is 13.6. The molecule has 9 nitrogen and oxygen atoms in total. The van der Waals surface area contributed by atoms with E-state index in [9.17, 15) is 4.79 Å². The highest BCUT2D eigenvalue weighted by molar-refractivity contribution is 5.82. The molecule has 9 heteroatoms. The Labute approximate surface area is 222 Å². The van der Waals surface area contributed by atoms with Crippen molar-refractivity contribution in [2.45, 2.75) is 52.3 Å². The summed E-state index contributed by atoms with van der Waals surface area (Å²) in [5.74, 6) is 0.693. The van der Waals surface area contributed by atoms with Crippen LogP contribution in [0.5, 0.6) is 0 Å². The van der Waals surface area contributed by atoms with Crippen molar-refractivity contribution in [1.82, 2.24) is 30.1 Å². The normalized spacial score (nSPS) is 19.3. The van der Waals surface area contributed by atoms with Gasteiger partial charge in [-0.1, -0.05) is 30.3 Å². The third-order valence-electron chi connectivity index (χ3n) is 8.00. The molecule has 2 atom stereocenters. The van der Waals surface area contributed by atoms with E-state index in [1.54, 1.807) is 0 Å². The fourth-order valence-electron chi connectivity index (χ4n) is 5.90. The van der Waals surface area contributed by atoms with Gasteiger partial charge >= 0.3 is 0 Å². The minimum atomic E-state index is -0.360. The van der Waals surface area contributed by atoms with E-state index in [1.165, 1.54) is 16.8 Å². The summed E-state index contributed by atoms with van der Waals surface area (Å²) in [7, 11) is 0. The molecule has 0 aliphatic carbocycles. The Hall–Kier alpha value is -3.56. The predicted molar refractivity (Wildman–Crippen MR) is 148 cm³/mol. The Morgan fingerprint density at radius 1 is 1.05 bits per heavy atom. The van der Waals surface area contributed by atoms with Crippen molar-refractivity contribution in [3.05, 3.63) is 80.9 Å². The first kappa shape index (κ1) is 24.8. The Morgan fingerprint density at radius 3 is 2.68 bits per heavy atom. The second kappa shape index (κ2) is 10.3. The van der Waals surface area contributed by atoms with Gasteiger partial charge in [-0.15, -0.1) is 5.10 Å². The number of tetrazole rings is 1. The summed E-state index contributed by atoms with van der Waals surface area (Å²) in [5.41, 5.74) is 6.32. The molecule has 2 aromatic heterocycles. The van der Waals surface area contributed by atoms with Gasteiger partial charge in [-0.25, -0.2) is 4.68 Å². The number of piperazine rings is 1. The highest BCUT2D eigenvalue weighted by Gasteiger charge is 2.34. The minimum absolute atomic E-state index is 0.0941. The highest BCUT2D eigenvalue weighted by atomic mass is 16.5. The lowest BCUT2D eigenvalue weighted by molar-refractivity contribution is 0.0906. The van der Waals surface area contributed by atoms with E-state index >= 15 is 0 Å². The summed E-state index contributed by atoms with van der Waals surface area (Å²) in [6.07, 6.45) is 2.14. The summed E-state index contributed by atoms with van der Waals surface area (Å²) in [6, 6.07) is 14.4. The van der Waals surface area contributed by atoms with Crippen LogP contribution in [0.25, 0.3) is 10.9 Å². The molecular formula is C29H35N7O2. The SMILES string of the molecule is Cc1ccc(C)c(N2CCN([C@@H](c3cc4cccc(C)c4[nH]c3=O)c3nnnn3C[C@H]3CCCO3)CC2)c1. The molecule has 0 saturated carbocycles. The molecule has 6 rings (SSSR count). The second-order valence-corrected chi connectivity index (χ2v) is 10.7. The number of rotatable bonds is 6. The molecule has 198 valence electrons. The number of H-pyrrole nitrogens is 1. The molecule has 38 heavy (non-hydrogen) atoms. The molecule has 2 aliphatic rings. The van der Waals surface area contributed by atoms with Crippen molar-refractivity contribution in [1.29, 1.82) is 0 Å². The largest absolute Gasteiger partial charge is 0.376 e. The topological polar surface area (TPSA) is 92.2 Å². The summed E-state index contributed by atoms with van der Waals surface area (Å²) in [6.45, 7) is 11.0. The average molecular weight is 514 g/mol. The van der Waals surface area contributed by atoms with Gasteiger partial charge in [-0.3, -0.25) is 9.69 Å². The van der Waals surface area contributed by atoms with E-state index in [0.717, 1.165) is 62.1 Å². The number of hydrogen-bond donors (Lipinski definition) is 1. The lowest BCUT2D eigenvalue weighted by atomic mass is 10.0. The maximum absolute atomic E-state index is 13.6. The number of aromatic nitrogens is 5. The number of aromatic amines is 1. The zero-order valence-corrected chi connectivity index (χ0v) is 22.4. The number of pyridine rings is 1. The number of hydrogen-bond acceptors (Lipinski definition) is 7. The average Bonchev–Trinajstić information content (AvgIpc) is 3.60. The first-order chi connectivity index (χ1) is 18.5. The van der Waals surface area contributed by atoms with Crippen LogP contribution in [-0.2, 0) is 11.3 Å². The molecule has 1 N–H and O–H groups in total. The van der Waals surface area contributed by atoms with Crippen LogP contribution >= 0.6 is 0 Å². The van der Waals surface area contributed by atoms with Gasteiger partial charge in [0.1, 0.15) is 6.04 Å². The lowest BCUT2D eigenvalue weighted by Gasteiger charge is -2.40. The lowest BCUT2D eigenvalue weighted by Crippen LogP contribution is -2.49. The molecule has 0 bridgehead atoms. The smallest absolute Gasteiger partial charge is 0.253 e. The quantitative estimate of drug-likeness (QED) is 0.422. The van der Waals surface area contributed by atoms with E-state index in [4.69, 9.17) is 4.74 Å². The van der Waals surface area contributed by atoms with Crippen LogP contribution in [0.4, 0.5) is 5.69 Å². The van der Waals surface area contributed by atoms with Crippen LogP contribution in [0.15, 0.2) is 47.3 Å². The van der Waals surface area contributed by atoms with E-state index in [2.05, 4.69) is 62.4 Å². The molecule has 2 aromatic carbocycles. The van der Waals surface area contributed by atoms with Crippen molar-refractivity contribution in [3.8, 4) is 0 Å². The van der Waals surface area contributed by atoms with Crippen LogP contribution in [0, 0.1) is 20.8 Å². The molecule has 2 aliphatic heterocycles. The Balaban J connectivity index is 1.37. The van der Waals surface area contributed by atoms with Gasteiger partial charge in [0.05, 0.1) is 18.2 Å². The first-order valence-electron chi connectivity index (χ1n) is 13.5. The molecule has 0 amide bonds. The summed E-state index contributed by atoms with van der Waals surface area (Å²) in [5, 5.41) is 13.9. The van der Waals surface area contributed by atoms with Crippen molar-refractivity contribution in [2.24, 2.45) is 0 Å². The van der Waals surface area contributed by atoms with Gasteiger partial charge in [0.2, 0.25) is 0 Å². The molecule has 2 fully saturated rings.